The van der Waals surface area contributed by atoms with Crippen LogP contribution in [0.25, 0.3) is 10.9 Å². The molecule has 0 atom stereocenters. The highest BCUT2D eigenvalue weighted by atomic mass is 16.2. The number of likely N-dealkylation sites (N-methyl/N-ethyl adjacent to an activating group) is 1. The number of benzene rings is 1. The van der Waals surface area contributed by atoms with Gasteiger partial charge in [-0.15, -0.1) is 0 Å². The van der Waals surface area contributed by atoms with Gasteiger partial charge in [-0.1, -0.05) is 0 Å². The van der Waals surface area contributed by atoms with Gasteiger partial charge in [0, 0.05) is 40.9 Å². The summed E-state index contributed by atoms with van der Waals surface area (Å²) >= 11 is 0. The van der Waals surface area contributed by atoms with Crippen LogP contribution >= 0.6 is 0 Å². The smallest absolute Gasteiger partial charge is 0.242 e. The van der Waals surface area contributed by atoms with Crippen LogP contribution in [-0.4, -0.2) is 33.7 Å². The third-order valence-corrected chi connectivity index (χ3v) is 4.24. The van der Waals surface area contributed by atoms with Gasteiger partial charge in [-0.05, 0) is 44.9 Å². The minimum Gasteiger partial charge on any atom is -0.399 e. The Kier molecular flexibility index (Phi) is 3.64. The highest BCUT2D eigenvalue weighted by Gasteiger charge is 2.31. The molecule has 1 aliphatic rings. The van der Waals surface area contributed by atoms with Crippen LogP contribution in [0.3, 0.4) is 0 Å². The quantitative estimate of drug-likeness (QED) is 0.681. The standard InChI is InChI=1S/C17H21N3O2/c1-3-20(13-5-6-13)17(22)10-19-9-15(11(2)21)14-8-12(18)4-7-16(14)19/h4,7-9,13H,3,5-6,10,18H2,1-2H3. The van der Waals surface area contributed by atoms with Gasteiger partial charge < -0.3 is 15.2 Å². The van der Waals surface area contributed by atoms with E-state index in [1.165, 1.54) is 6.92 Å². The van der Waals surface area contributed by atoms with Gasteiger partial charge in [-0.25, -0.2) is 0 Å². The molecule has 2 N–H and O–H groups in total. The van der Waals surface area contributed by atoms with Gasteiger partial charge in [0.2, 0.25) is 5.91 Å². The molecule has 1 amide bonds. The third kappa shape index (κ3) is 2.58. The molecular formula is C17H21N3O2. The van der Waals surface area contributed by atoms with Crippen LogP contribution in [0.2, 0.25) is 0 Å². The van der Waals surface area contributed by atoms with E-state index in [2.05, 4.69) is 0 Å². The summed E-state index contributed by atoms with van der Waals surface area (Å²) in [6.07, 6.45) is 3.97. The second-order valence-corrected chi connectivity index (χ2v) is 5.91. The maximum Gasteiger partial charge on any atom is 0.242 e. The molecule has 1 heterocycles. The van der Waals surface area contributed by atoms with E-state index in [0.29, 0.717) is 17.3 Å². The van der Waals surface area contributed by atoms with Gasteiger partial charge in [0.15, 0.2) is 5.78 Å². The van der Waals surface area contributed by atoms with Crippen LogP contribution in [0, 0.1) is 0 Å². The van der Waals surface area contributed by atoms with E-state index in [1.807, 2.05) is 22.5 Å². The lowest BCUT2D eigenvalue weighted by Crippen LogP contribution is -2.35. The van der Waals surface area contributed by atoms with E-state index in [9.17, 15) is 9.59 Å². The Hall–Kier alpha value is -2.30. The van der Waals surface area contributed by atoms with E-state index in [1.54, 1.807) is 18.3 Å². The fraction of sp³-hybridized carbons (Fsp3) is 0.412. The summed E-state index contributed by atoms with van der Waals surface area (Å²) in [5, 5.41) is 0.815. The minimum atomic E-state index is -0.0173. The summed E-state index contributed by atoms with van der Waals surface area (Å²) in [5.74, 6) is 0.0881. The van der Waals surface area contributed by atoms with Crippen LogP contribution in [0.5, 0.6) is 0 Å². The van der Waals surface area contributed by atoms with Gasteiger partial charge in [-0.3, -0.25) is 9.59 Å². The molecule has 0 radical (unpaired) electrons. The second-order valence-electron chi connectivity index (χ2n) is 5.91. The molecule has 1 aromatic heterocycles. The monoisotopic (exact) mass is 299 g/mol. The average Bonchev–Trinajstić information content (AvgIpc) is 3.23. The normalized spacial score (nSPS) is 14.3. The van der Waals surface area contributed by atoms with Crippen molar-refractivity contribution in [3.05, 3.63) is 30.0 Å². The number of amides is 1. The van der Waals surface area contributed by atoms with Crippen molar-refractivity contribution in [2.24, 2.45) is 0 Å². The predicted octanol–water partition coefficient (Wildman–Crippen LogP) is 2.44. The lowest BCUT2D eigenvalue weighted by Gasteiger charge is -2.20. The van der Waals surface area contributed by atoms with Crippen LogP contribution < -0.4 is 5.73 Å². The van der Waals surface area contributed by atoms with Crippen LogP contribution in [0.1, 0.15) is 37.0 Å². The first-order chi connectivity index (χ1) is 10.5. The van der Waals surface area contributed by atoms with Gasteiger partial charge in [0.1, 0.15) is 6.54 Å². The Morgan fingerprint density at radius 3 is 2.68 bits per heavy atom. The first-order valence-corrected chi connectivity index (χ1v) is 7.70. The molecule has 0 spiro atoms. The molecule has 1 fully saturated rings. The molecule has 5 heteroatoms. The first-order valence-electron chi connectivity index (χ1n) is 7.70. The SMILES string of the molecule is CCN(C(=O)Cn1cc(C(C)=O)c2cc(N)ccc21)C1CC1. The molecule has 5 nitrogen and oxygen atoms in total. The number of nitrogen functional groups attached to an aromatic ring is 1. The number of nitrogens with zero attached hydrogens (tertiary/aromatic N) is 2. The number of rotatable bonds is 5. The highest BCUT2D eigenvalue weighted by molar-refractivity contribution is 6.07. The van der Waals surface area contributed by atoms with Crippen molar-refractivity contribution < 1.29 is 9.59 Å². The zero-order valence-electron chi connectivity index (χ0n) is 13.0. The van der Waals surface area contributed by atoms with Crippen molar-refractivity contribution in [2.75, 3.05) is 12.3 Å². The summed E-state index contributed by atoms with van der Waals surface area (Å²) in [7, 11) is 0. The Morgan fingerprint density at radius 2 is 2.09 bits per heavy atom. The number of hydrogen-bond donors (Lipinski definition) is 1. The number of carbonyl (C=O) groups is 2. The molecule has 1 aliphatic carbocycles. The number of nitrogens with two attached hydrogens (primary N) is 1. The number of carbonyl (C=O) groups excluding carboxylic acids is 2. The van der Waals surface area contributed by atoms with Gasteiger partial charge in [-0.2, -0.15) is 0 Å². The van der Waals surface area contributed by atoms with Crippen molar-refractivity contribution in [3.63, 3.8) is 0 Å². The molecule has 116 valence electrons. The maximum atomic E-state index is 12.5. The molecule has 0 unspecified atom stereocenters. The zero-order chi connectivity index (χ0) is 15.9. The number of ketones is 1. The molecule has 1 saturated carbocycles. The second kappa shape index (κ2) is 5.48. The van der Waals surface area contributed by atoms with Crippen molar-refractivity contribution in [3.8, 4) is 0 Å². The van der Waals surface area contributed by atoms with Crippen LogP contribution in [-0.2, 0) is 11.3 Å². The molecule has 3 rings (SSSR count). The maximum absolute atomic E-state index is 12.5. The van der Waals surface area contributed by atoms with E-state index in [0.717, 1.165) is 30.3 Å². The minimum absolute atomic E-state index is 0.0173. The topological polar surface area (TPSA) is 68.3 Å². The van der Waals surface area contributed by atoms with E-state index in [4.69, 9.17) is 5.73 Å². The molecule has 0 saturated heterocycles. The molecule has 2 aromatic rings. The molecular weight excluding hydrogens is 278 g/mol. The predicted molar refractivity (Wildman–Crippen MR) is 86.8 cm³/mol. The fourth-order valence-corrected chi connectivity index (χ4v) is 2.99. The summed E-state index contributed by atoms with van der Waals surface area (Å²) in [4.78, 5) is 26.3. The number of aromatic nitrogens is 1. The van der Waals surface area contributed by atoms with Crippen molar-refractivity contribution in [2.45, 2.75) is 39.3 Å². The van der Waals surface area contributed by atoms with Gasteiger partial charge in [0.05, 0.1) is 0 Å². The molecule has 22 heavy (non-hydrogen) atoms. The van der Waals surface area contributed by atoms with E-state index >= 15 is 0 Å². The largest absolute Gasteiger partial charge is 0.399 e. The molecule has 1 aromatic carbocycles. The Morgan fingerprint density at radius 1 is 1.36 bits per heavy atom. The summed E-state index contributed by atoms with van der Waals surface area (Å²) in [6, 6.07) is 5.87. The highest BCUT2D eigenvalue weighted by Crippen LogP contribution is 2.28. The summed E-state index contributed by atoms with van der Waals surface area (Å²) in [5.41, 5.74) is 7.93. The van der Waals surface area contributed by atoms with Gasteiger partial charge >= 0.3 is 0 Å². The Bertz CT molecular complexity index is 744. The number of hydrogen-bond acceptors (Lipinski definition) is 3. The van der Waals surface area contributed by atoms with Crippen LogP contribution in [0.4, 0.5) is 5.69 Å². The van der Waals surface area contributed by atoms with Gasteiger partial charge in [0.25, 0.3) is 0 Å². The number of Topliss-reactive ketones (excluding diaryl/α,β-unsaturated/α-hetero) is 1. The van der Waals surface area contributed by atoms with Crippen LogP contribution in [0.15, 0.2) is 24.4 Å². The zero-order valence-corrected chi connectivity index (χ0v) is 13.0. The molecule has 0 bridgehead atoms. The van der Waals surface area contributed by atoms with Crippen molar-refractivity contribution in [1.82, 2.24) is 9.47 Å². The first kappa shape index (κ1) is 14.6. The summed E-state index contributed by atoms with van der Waals surface area (Å²) in [6.45, 7) is 4.53. The summed E-state index contributed by atoms with van der Waals surface area (Å²) < 4.78 is 1.86. The van der Waals surface area contributed by atoms with Crippen molar-refractivity contribution >= 4 is 28.3 Å². The lowest BCUT2D eigenvalue weighted by molar-refractivity contribution is -0.132. The third-order valence-electron chi connectivity index (χ3n) is 4.24. The Balaban J connectivity index is 1.96. The number of anilines is 1. The van der Waals surface area contributed by atoms with E-state index < -0.39 is 0 Å². The fourth-order valence-electron chi connectivity index (χ4n) is 2.99. The van der Waals surface area contributed by atoms with E-state index in [-0.39, 0.29) is 18.2 Å². The molecule has 0 aliphatic heterocycles. The lowest BCUT2D eigenvalue weighted by atomic mass is 10.1. The Labute approximate surface area is 129 Å². The number of fused-ring (bicyclic) bond motifs is 1. The average molecular weight is 299 g/mol. The van der Waals surface area contributed by atoms with Crippen molar-refractivity contribution in [1.29, 1.82) is 0 Å².